The molecule has 0 aromatic carbocycles. The summed E-state index contributed by atoms with van der Waals surface area (Å²) >= 11 is 1.62. The van der Waals surface area contributed by atoms with Crippen LogP contribution in [0.5, 0.6) is 0 Å². The third-order valence-electron chi connectivity index (χ3n) is 5.32. The summed E-state index contributed by atoms with van der Waals surface area (Å²) in [6.07, 6.45) is 8.74. The molecule has 1 aliphatic rings. The molecule has 1 saturated heterocycles. The number of hydrogen-bond acceptors (Lipinski definition) is 5. The van der Waals surface area contributed by atoms with Crippen LogP contribution < -0.4 is 0 Å². The van der Waals surface area contributed by atoms with E-state index in [4.69, 9.17) is 0 Å². The lowest BCUT2D eigenvalue weighted by molar-refractivity contribution is 0.0610. The van der Waals surface area contributed by atoms with Crippen molar-refractivity contribution >= 4 is 22.9 Å². The summed E-state index contributed by atoms with van der Waals surface area (Å²) in [7, 11) is 1.97. The van der Waals surface area contributed by atoms with Gasteiger partial charge in [-0.15, -0.1) is 21.5 Å². The van der Waals surface area contributed by atoms with Crippen LogP contribution in [-0.4, -0.2) is 41.5 Å². The van der Waals surface area contributed by atoms with Crippen LogP contribution in [0.25, 0.3) is 17.2 Å². The lowest BCUT2D eigenvalue weighted by atomic mass is 10.0. The highest BCUT2D eigenvalue weighted by Gasteiger charge is 2.30. The largest absolute Gasteiger partial charge is 0.348 e. The van der Waals surface area contributed by atoms with E-state index >= 15 is 0 Å². The number of thiazole rings is 1. The van der Waals surface area contributed by atoms with Gasteiger partial charge in [0.25, 0.3) is 5.91 Å². The molecule has 1 fully saturated rings. The van der Waals surface area contributed by atoms with Crippen molar-refractivity contribution in [2.75, 3.05) is 6.54 Å². The van der Waals surface area contributed by atoms with Gasteiger partial charge in [0, 0.05) is 37.6 Å². The molecule has 0 N–H and O–H groups in total. The van der Waals surface area contributed by atoms with Gasteiger partial charge in [-0.05, 0) is 43.5 Å². The number of carbonyl (C=O) groups excluding carboxylic acids is 1. The summed E-state index contributed by atoms with van der Waals surface area (Å²) < 4.78 is 3.89. The molecule has 0 saturated carbocycles. The number of nitrogens with zero attached hydrogens (tertiary/aromatic N) is 6. The van der Waals surface area contributed by atoms with Crippen molar-refractivity contribution in [3.05, 3.63) is 58.8 Å². The summed E-state index contributed by atoms with van der Waals surface area (Å²) in [5.74, 6) is 0.764. The van der Waals surface area contributed by atoms with Crippen molar-refractivity contribution in [2.45, 2.75) is 25.3 Å². The maximum absolute atomic E-state index is 13.4. The van der Waals surface area contributed by atoms with Crippen LogP contribution in [0.3, 0.4) is 0 Å². The van der Waals surface area contributed by atoms with Gasteiger partial charge in [0.05, 0.1) is 17.3 Å². The number of rotatable bonds is 3. The van der Waals surface area contributed by atoms with Crippen LogP contribution in [0.2, 0.25) is 0 Å². The number of pyridine rings is 1. The maximum Gasteiger partial charge on any atom is 0.255 e. The summed E-state index contributed by atoms with van der Waals surface area (Å²) in [5.41, 5.74) is 2.32. The molecule has 1 aliphatic heterocycles. The normalized spacial score (nSPS) is 17.3. The minimum Gasteiger partial charge on any atom is -0.348 e. The third-order valence-corrected chi connectivity index (χ3v) is 6.20. The van der Waals surface area contributed by atoms with E-state index in [1.807, 2.05) is 69.2 Å². The molecule has 142 valence electrons. The van der Waals surface area contributed by atoms with Crippen molar-refractivity contribution in [1.82, 2.24) is 29.0 Å². The minimum absolute atomic E-state index is 0.0355. The van der Waals surface area contributed by atoms with Crippen LogP contribution in [0.15, 0.2) is 48.2 Å². The van der Waals surface area contributed by atoms with Crippen LogP contribution in [0, 0.1) is 0 Å². The molecule has 5 rings (SSSR count). The average Bonchev–Trinajstić information content (AvgIpc) is 3.47. The standard InChI is InChI=1S/C20H20N6OS/c1-24-10-4-6-15(24)18-23-22-17-8-7-14(13-26(17)18)20(27)25-11-3-2-5-16(25)19-21-9-12-28-19/h4,6-10,12-13,16H,2-3,5,11H2,1H3. The molecular weight excluding hydrogens is 372 g/mol. The molecule has 0 spiro atoms. The van der Waals surface area contributed by atoms with Crippen molar-refractivity contribution in [2.24, 2.45) is 7.05 Å². The molecule has 0 bridgehead atoms. The van der Waals surface area contributed by atoms with E-state index < -0.39 is 0 Å². The van der Waals surface area contributed by atoms with E-state index in [1.165, 1.54) is 0 Å². The van der Waals surface area contributed by atoms with Crippen molar-refractivity contribution in [3.63, 3.8) is 0 Å². The minimum atomic E-state index is 0.0355. The Labute approximate surface area is 166 Å². The van der Waals surface area contributed by atoms with Gasteiger partial charge in [-0.25, -0.2) is 4.98 Å². The Bertz CT molecular complexity index is 1130. The summed E-state index contributed by atoms with van der Waals surface area (Å²) in [5, 5.41) is 11.6. The molecule has 0 aliphatic carbocycles. The fraction of sp³-hybridized carbons (Fsp3) is 0.300. The van der Waals surface area contributed by atoms with E-state index in [2.05, 4.69) is 15.2 Å². The molecule has 4 aromatic rings. The topological polar surface area (TPSA) is 68.3 Å². The zero-order valence-corrected chi connectivity index (χ0v) is 16.3. The zero-order valence-electron chi connectivity index (χ0n) is 15.5. The molecule has 7 nitrogen and oxygen atoms in total. The van der Waals surface area contributed by atoms with Gasteiger partial charge >= 0.3 is 0 Å². The first-order valence-electron chi connectivity index (χ1n) is 9.39. The van der Waals surface area contributed by atoms with Crippen LogP contribution >= 0.6 is 11.3 Å². The third kappa shape index (κ3) is 2.80. The van der Waals surface area contributed by atoms with Gasteiger partial charge < -0.3 is 9.47 Å². The van der Waals surface area contributed by atoms with E-state index in [9.17, 15) is 4.79 Å². The Morgan fingerprint density at radius 2 is 2.14 bits per heavy atom. The molecule has 8 heteroatoms. The number of carbonyl (C=O) groups is 1. The second-order valence-electron chi connectivity index (χ2n) is 7.05. The fourth-order valence-electron chi connectivity index (χ4n) is 3.88. The van der Waals surface area contributed by atoms with Crippen LogP contribution in [-0.2, 0) is 7.05 Å². The number of likely N-dealkylation sites (tertiary alicyclic amines) is 1. The molecule has 28 heavy (non-hydrogen) atoms. The summed E-state index contributed by atoms with van der Waals surface area (Å²) in [6, 6.07) is 7.72. The van der Waals surface area contributed by atoms with Gasteiger partial charge in [0.15, 0.2) is 11.5 Å². The highest BCUT2D eigenvalue weighted by atomic mass is 32.1. The van der Waals surface area contributed by atoms with E-state index in [0.717, 1.165) is 48.0 Å². The number of piperidine rings is 1. The van der Waals surface area contributed by atoms with E-state index in [0.29, 0.717) is 5.56 Å². The molecule has 4 aromatic heterocycles. The van der Waals surface area contributed by atoms with Crippen molar-refractivity contribution in [1.29, 1.82) is 0 Å². The van der Waals surface area contributed by atoms with Gasteiger partial charge in [-0.1, -0.05) is 0 Å². The first-order valence-corrected chi connectivity index (χ1v) is 10.3. The van der Waals surface area contributed by atoms with Crippen LogP contribution in [0.1, 0.15) is 40.7 Å². The van der Waals surface area contributed by atoms with E-state index in [1.54, 1.807) is 11.3 Å². The molecule has 1 amide bonds. The summed E-state index contributed by atoms with van der Waals surface area (Å²) in [6.45, 7) is 0.758. The van der Waals surface area contributed by atoms with Gasteiger partial charge in [0.2, 0.25) is 0 Å². The van der Waals surface area contributed by atoms with Gasteiger partial charge in [-0.3, -0.25) is 9.20 Å². The summed E-state index contributed by atoms with van der Waals surface area (Å²) in [4.78, 5) is 19.8. The SMILES string of the molecule is Cn1cccc1-c1nnc2ccc(C(=O)N3CCCCC3c3nccs3)cn12. The van der Waals surface area contributed by atoms with Crippen LogP contribution in [0.4, 0.5) is 0 Å². The zero-order chi connectivity index (χ0) is 19.1. The highest BCUT2D eigenvalue weighted by Crippen LogP contribution is 2.33. The molecule has 1 unspecified atom stereocenters. The Morgan fingerprint density at radius 3 is 2.93 bits per heavy atom. The lowest BCUT2D eigenvalue weighted by Gasteiger charge is -2.34. The van der Waals surface area contributed by atoms with Crippen molar-refractivity contribution in [3.8, 4) is 11.5 Å². The van der Waals surface area contributed by atoms with Gasteiger partial charge in [0.1, 0.15) is 5.01 Å². The lowest BCUT2D eigenvalue weighted by Crippen LogP contribution is -2.38. The second-order valence-corrected chi connectivity index (χ2v) is 7.98. The number of fused-ring (bicyclic) bond motifs is 1. The van der Waals surface area contributed by atoms with Gasteiger partial charge in [-0.2, -0.15) is 0 Å². The monoisotopic (exact) mass is 392 g/mol. The smallest absolute Gasteiger partial charge is 0.255 e. The Morgan fingerprint density at radius 1 is 1.21 bits per heavy atom. The number of amides is 1. The first kappa shape index (κ1) is 17.1. The molecule has 0 radical (unpaired) electrons. The quantitative estimate of drug-likeness (QED) is 0.535. The number of aromatic nitrogens is 5. The fourth-order valence-corrected chi connectivity index (χ4v) is 4.67. The predicted octanol–water partition coefficient (Wildman–Crippen LogP) is 3.56. The van der Waals surface area contributed by atoms with E-state index in [-0.39, 0.29) is 11.9 Å². The average molecular weight is 392 g/mol. The number of hydrogen-bond donors (Lipinski definition) is 0. The highest BCUT2D eigenvalue weighted by molar-refractivity contribution is 7.09. The first-order chi connectivity index (χ1) is 13.7. The molecule has 1 atom stereocenters. The predicted molar refractivity (Wildman–Crippen MR) is 107 cm³/mol. The van der Waals surface area contributed by atoms with Crippen molar-refractivity contribution < 1.29 is 4.79 Å². The molecular formula is C20H20N6OS. The Kier molecular flexibility index (Phi) is 4.20. The maximum atomic E-state index is 13.4. The Balaban J connectivity index is 1.53. The second kappa shape index (κ2) is 6.87. The molecule has 5 heterocycles. The Hall–Kier alpha value is -3.00. The number of aryl methyl sites for hydroxylation is 1.